The Morgan fingerprint density at radius 1 is 1.04 bits per heavy atom. The fourth-order valence-corrected chi connectivity index (χ4v) is 2.94. The van der Waals surface area contributed by atoms with Crippen molar-refractivity contribution in [2.75, 3.05) is 6.61 Å². The maximum Gasteiger partial charge on any atom is 0.125 e. The lowest BCUT2D eigenvalue weighted by atomic mass is 10.1. The largest absolute Gasteiger partial charge is 0.490 e. The summed E-state index contributed by atoms with van der Waals surface area (Å²) < 4.78 is 7.84. The summed E-state index contributed by atoms with van der Waals surface area (Å²) >= 11 is 0. The van der Waals surface area contributed by atoms with Gasteiger partial charge in [-0.25, -0.2) is 4.98 Å². The van der Waals surface area contributed by atoms with Crippen LogP contribution in [0.3, 0.4) is 0 Å². The van der Waals surface area contributed by atoms with Crippen LogP contribution < -0.4 is 4.74 Å². The van der Waals surface area contributed by atoms with Gasteiger partial charge in [-0.15, -0.1) is 0 Å². The summed E-state index contributed by atoms with van der Waals surface area (Å²) in [7, 11) is 0. The van der Waals surface area contributed by atoms with E-state index in [4.69, 9.17) is 4.74 Å². The molecule has 126 valence electrons. The molecule has 0 saturated carbocycles. The van der Waals surface area contributed by atoms with Gasteiger partial charge in [-0.1, -0.05) is 18.2 Å². The lowest BCUT2D eigenvalue weighted by molar-refractivity contribution is 0.0927. The van der Waals surface area contributed by atoms with E-state index in [0.717, 1.165) is 27.9 Å². The van der Waals surface area contributed by atoms with Crippen LogP contribution in [-0.4, -0.2) is 27.4 Å². The molecule has 0 aliphatic carbocycles. The fourth-order valence-electron chi connectivity index (χ4n) is 2.94. The van der Waals surface area contributed by atoms with Crippen molar-refractivity contribution in [3.63, 3.8) is 0 Å². The molecule has 1 heterocycles. The molecule has 2 aromatic carbocycles. The van der Waals surface area contributed by atoms with Gasteiger partial charge in [0.25, 0.3) is 0 Å². The monoisotopic (exact) mass is 324 g/mol. The van der Waals surface area contributed by atoms with Crippen molar-refractivity contribution in [2.45, 2.75) is 40.3 Å². The maximum absolute atomic E-state index is 10.4. The Morgan fingerprint density at radius 2 is 1.71 bits per heavy atom. The number of aryl methyl sites for hydroxylation is 4. The van der Waals surface area contributed by atoms with Gasteiger partial charge in [0.1, 0.15) is 18.5 Å². The minimum absolute atomic E-state index is 0.260. The SMILES string of the molecule is Cc1cc2ncn(C[C@H](O)COc3c(C)cccc3C)c2cc1C. The van der Waals surface area contributed by atoms with E-state index >= 15 is 0 Å². The molecule has 4 heteroatoms. The molecule has 0 radical (unpaired) electrons. The highest BCUT2D eigenvalue weighted by molar-refractivity contribution is 5.77. The first kappa shape index (κ1) is 16.5. The number of aliphatic hydroxyl groups is 1. The van der Waals surface area contributed by atoms with Crippen LogP contribution in [0, 0.1) is 27.7 Å². The summed E-state index contributed by atoms with van der Waals surface area (Å²) in [6.07, 6.45) is 1.19. The molecule has 0 unspecified atom stereocenters. The van der Waals surface area contributed by atoms with E-state index in [1.807, 2.05) is 36.6 Å². The van der Waals surface area contributed by atoms with Crippen molar-refractivity contribution in [2.24, 2.45) is 0 Å². The zero-order valence-corrected chi connectivity index (χ0v) is 14.7. The average molecular weight is 324 g/mol. The predicted molar refractivity (Wildman–Crippen MR) is 96.6 cm³/mol. The Hall–Kier alpha value is -2.33. The van der Waals surface area contributed by atoms with Crippen molar-refractivity contribution < 1.29 is 9.84 Å². The normalized spacial score (nSPS) is 12.5. The fraction of sp³-hybridized carbons (Fsp3) is 0.350. The summed E-state index contributed by atoms with van der Waals surface area (Å²) in [4.78, 5) is 4.43. The molecule has 3 rings (SSSR count). The Labute approximate surface area is 142 Å². The van der Waals surface area contributed by atoms with Gasteiger partial charge in [0, 0.05) is 0 Å². The zero-order chi connectivity index (χ0) is 17.3. The van der Waals surface area contributed by atoms with E-state index in [0.29, 0.717) is 6.54 Å². The van der Waals surface area contributed by atoms with Crippen LogP contribution in [0.4, 0.5) is 0 Å². The number of para-hydroxylation sites is 1. The molecule has 0 amide bonds. The Bertz CT molecular complexity index is 847. The number of hydrogen-bond donors (Lipinski definition) is 1. The van der Waals surface area contributed by atoms with Crippen LogP contribution in [0.25, 0.3) is 11.0 Å². The minimum atomic E-state index is -0.594. The topological polar surface area (TPSA) is 47.3 Å². The molecule has 0 saturated heterocycles. The summed E-state index contributed by atoms with van der Waals surface area (Å²) in [6, 6.07) is 10.2. The number of ether oxygens (including phenoxy) is 1. The Balaban J connectivity index is 1.71. The van der Waals surface area contributed by atoms with Crippen LogP contribution in [0.5, 0.6) is 5.75 Å². The Kier molecular flexibility index (Phi) is 4.58. The first-order valence-electron chi connectivity index (χ1n) is 8.25. The highest BCUT2D eigenvalue weighted by atomic mass is 16.5. The van der Waals surface area contributed by atoms with E-state index in [1.165, 1.54) is 11.1 Å². The molecule has 3 aromatic rings. The third-order valence-corrected chi connectivity index (χ3v) is 4.47. The molecule has 0 aliphatic rings. The molecular weight excluding hydrogens is 300 g/mol. The summed E-state index contributed by atoms with van der Waals surface area (Å²) in [6.45, 7) is 8.93. The summed E-state index contributed by atoms with van der Waals surface area (Å²) in [5, 5.41) is 10.4. The van der Waals surface area contributed by atoms with Gasteiger partial charge in [-0.05, 0) is 62.1 Å². The standard InChI is InChI=1S/C20H24N2O2/c1-13-6-5-7-14(2)20(13)24-11-17(23)10-22-12-21-18-8-15(3)16(4)9-19(18)22/h5-9,12,17,23H,10-11H2,1-4H3/t17-/m0/s1. The second-order valence-corrected chi connectivity index (χ2v) is 6.51. The second-order valence-electron chi connectivity index (χ2n) is 6.51. The van der Waals surface area contributed by atoms with E-state index < -0.39 is 6.10 Å². The Morgan fingerprint density at radius 3 is 2.42 bits per heavy atom. The average Bonchev–Trinajstić information content (AvgIpc) is 2.89. The van der Waals surface area contributed by atoms with Crippen molar-refractivity contribution in [3.05, 3.63) is 58.9 Å². The third-order valence-electron chi connectivity index (χ3n) is 4.47. The molecule has 0 bridgehead atoms. The number of nitrogens with zero attached hydrogens (tertiary/aromatic N) is 2. The van der Waals surface area contributed by atoms with Gasteiger partial charge in [-0.2, -0.15) is 0 Å². The number of imidazole rings is 1. The molecule has 0 fully saturated rings. The van der Waals surface area contributed by atoms with E-state index in [9.17, 15) is 5.11 Å². The first-order valence-corrected chi connectivity index (χ1v) is 8.25. The van der Waals surface area contributed by atoms with Crippen LogP contribution in [0.15, 0.2) is 36.7 Å². The number of aliphatic hydroxyl groups excluding tert-OH is 1. The van der Waals surface area contributed by atoms with Crippen molar-refractivity contribution in [3.8, 4) is 5.75 Å². The lowest BCUT2D eigenvalue weighted by Gasteiger charge is -2.16. The van der Waals surface area contributed by atoms with Crippen molar-refractivity contribution in [1.82, 2.24) is 9.55 Å². The number of rotatable bonds is 5. The van der Waals surface area contributed by atoms with E-state index in [-0.39, 0.29) is 6.61 Å². The van der Waals surface area contributed by atoms with Gasteiger partial charge in [0.15, 0.2) is 0 Å². The smallest absolute Gasteiger partial charge is 0.125 e. The summed E-state index contributed by atoms with van der Waals surface area (Å²) in [5.74, 6) is 0.860. The van der Waals surface area contributed by atoms with Gasteiger partial charge in [-0.3, -0.25) is 0 Å². The van der Waals surface area contributed by atoms with Crippen LogP contribution in [0.1, 0.15) is 22.3 Å². The molecular formula is C20H24N2O2. The molecule has 24 heavy (non-hydrogen) atoms. The van der Waals surface area contributed by atoms with Gasteiger partial charge in [0.05, 0.1) is 23.9 Å². The first-order chi connectivity index (χ1) is 11.5. The number of hydrogen-bond acceptors (Lipinski definition) is 3. The number of benzene rings is 2. The highest BCUT2D eigenvalue weighted by Gasteiger charge is 2.12. The quantitative estimate of drug-likeness (QED) is 0.778. The molecule has 0 aliphatic heterocycles. The maximum atomic E-state index is 10.4. The highest BCUT2D eigenvalue weighted by Crippen LogP contribution is 2.23. The van der Waals surface area contributed by atoms with E-state index in [2.05, 4.69) is 31.0 Å². The number of fused-ring (bicyclic) bond motifs is 1. The zero-order valence-electron chi connectivity index (χ0n) is 14.7. The molecule has 1 aromatic heterocycles. The van der Waals surface area contributed by atoms with Crippen molar-refractivity contribution in [1.29, 1.82) is 0 Å². The molecule has 4 nitrogen and oxygen atoms in total. The van der Waals surface area contributed by atoms with E-state index in [1.54, 1.807) is 6.33 Å². The van der Waals surface area contributed by atoms with Crippen LogP contribution in [-0.2, 0) is 6.54 Å². The van der Waals surface area contributed by atoms with Crippen LogP contribution >= 0.6 is 0 Å². The predicted octanol–water partition coefficient (Wildman–Crippen LogP) is 3.71. The minimum Gasteiger partial charge on any atom is -0.490 e. The van der Waals surface area contributed by atoms with Crippen LogP contribution in [0.2, 0.25) is 0 Å². The summed E-state index contributed by atoms with van der Waals surface area (Å²) in [5.41, 5.74) is 6.63. The van der Waals surface area contributed by atoms with Gasteiger partial charge < -0.3 is 14.4 Å². The lowest BCUT2D eigenvalue weighted by Crippen LogP contribution is -2.23. The van der Waals surface area contributed by atoms with Gasteiger partial charge in [0.2, 0.25) is 0 Å². The molecule has 0 spiro atoms. The second kappa shape index (κ2) is 6.65. The molecule has 1 N–H and O–H groups in total. The van der Waals surface area contributed by atoms with Crippen molar-refractivity contribution >= 4 is 11.0 Å². The third kappa shape index (κ3) is 3.29. The van der Waals surface area contributed by atoms with Gasteiger partial charge >= 0.3 is 0 Å². The number of aromatic nitrogens is 2. The molecule has 1 atom stereocenters.